The predicted octanol–water partition coefficient (Wildman–Crippen LogP) is 2.60. The second kappa shape index (κ2) is 9.41. The van der Waals surface area contributed by atoms with Crippen molar-refractivity contribution in [1.29, 1.82) is 0 Å². The van der Waals surface area contributed by atoms with Crippen LogP contribution in [0.1, 0.15) is 31.2 Å². The minimum Gasteiger partial charge on any atom is -0.473 e. The summed E-state index contributed by atoms with van der Waals surface area (Å²) in [5.74, 6) is -3.65. The molecule has 3 N–H and O–H groups in total. The van der Waals surface area contributed by atoms with E-state index in [1.807, 2.05) is 0 Å². The smallest absolute Gasteiger partial charge is 0.414 e. The van der Waals surface area contributed by atoms with Gasteiger partial charge in [0.15, 0.2) is 0 Å². The molecule has 0 saturated heterocycles. The van der Waals surface area contributed by atoms with Crippen molar-refractivity contribution >= 4 is 23.7 Å². The molecule has 0 atom stereocenters. The average Bonchev–Trinajstić information content (AvgIpc) is 2.99. The fraction of sp³-hybridized carbons (Fsp3) is 0.467. The molecule has 1 saturated carbocycles. The van der Waals surface area contributed by atoms with Crippen molar-refractivity contribution in [3.8, 4) is 0 Å². The molecule has 1 aliphatic carbocycles. The van der Waals surface area contributed by atoms with Crippen molar-refractivity contribution in [1.82, 2.24) is 5.32 Å². The van der Waals surface area contributed by atoms with Crippen molar-refractivity contribution in [2.45, 2.75) is 43.2 Å². The van der Waals surface area contributed by atoms with Crippen LogP contribution in [0.3, 0.4) is 0 Å². The van der Waals surface area contributed by atoms with E-state index in [2.05, 4.69) is 35.8 Å². The van der Waals surface area contributed by atoms with Crippen LogP contribution in [0.2, 0.25) is 0 Å². The van der Waals surface area contributed by atoms with Crippen molar-refractivity contribution in [3.05, 3.63) is 29.8 Å². The van der Waals surface area contributed by atoms with Gasteiger partial charge < -0.3 is 15.5 Å². The largest absolute Gasteiger partial charge is 0.473 e. The third-order valence-corrected chi connectivity index (χ3v) is 4.04. The van der Waals surface area contributed by atoms with E-state index < -0.39 is 11.9 Å². The van der Waals surface area contributed by atoms with Gasteiger partial charge >= 0.3 is 11.9 Å². The lowest BCUT2D eigenvalue weighted by atomic mass is 10.2. The molecule has 0 spiro atoms. The maximum atomic E-state index is 9.10. The summed E-state index contributed by atoms with van der Waals surface area (Å²) in [7, 11) is 0. The average molecular weight is 311 g/mol. The second-order valence-corrected chi connectivity index (χ2v) is 5.70. The van der Waals surface area contributed by atoms with E-state index in [1.165, 1.54) is 36.1 Å². The van der Waals surface area contributed by atoms with Crippen LogP contribution < -0.4 is 5.32 Å². The van der Waals surface area contributed by atoms with Crippen LogP contribution in [0, 0.1) is 0 Å². The summed E-state index contributed by atoms with van der Waals surface area (Å²) >= 11 is 1.80. The summed E-state index contributed by atoms with van der Waals surface area (Å²) in [6.07, 6.45) is 7.66. The Hall–Kier alpha value is -1.53. The Labute approximate surface area is 128 Å². The summed E-state index contributed by atoms with van der Waals surface area (Å²) in [6, 6.07) is 9.64. The number of hydrogen-bond donors (Lipinski definition) is 3. The van der Waals surface area contributed by atoms with Crippen LogP contribution >= 0.6 is 11.8 Å². The number of carboxylic acids is 2. The van der Waals surface area contributed by atoms with Crippen LogP contribution in [0.15, 0.2) is 29.2 Å². The highest BCUT2D eigenvalue weighted by atomic mass is 32.2. The third kappa shape index (κ3) is 7.15. The normalized spacial score (nSPS) is 14.3. The number of hydrogen-bond acceptors (Lipinski definition) is 4. The van der Waals surface area contributed by atoms with Gasteiger partial charge in [-0.05, 0) is 36.8 Å². The number of rotatable bonds is 4. The van der Waals surface area contributed by atoms with E-state index in [9.17, 15) is 0 Å². The molecule has 5 nitrogen and oxygen atoms in total. The quantitative estimate of drug-likeness (QED) is 0.585. The first-order valence-electron chi connectivity index (χ1n) is 6.85. The number of nitrogens with one attached hydrogen (secondary N) is 1. The minimum atomic E-state index is -1.82. The molecule has 0 aliphatic heterocycles. The Morgan fingerprint density at radius 3 is 2.10 bits per heavy atom. The molecule has 0 bridgehead atoms. The fourth-order valence-corrected chi connectivity index (χ4v) is 2.54. The monoisotopic (exact) mass is 311 g/mol. The highest BCUT2D eigenvalue weighted by molar-refractivity contribution is 7.98. The second-order valence-electron chi connectivity index (χ2n) is 4.82. The van der Waals surface area contributed by atoms with Gasteiger partial charge in [-0.1, -0.05) is 25.0 Å². The molecule has 0 aromatic heterocycles. The molecule has 116 valence electrons. The Morgan fingerprint density at radius 1 is 1.14 bits per heavy atom. The molecule has 0 radical (unpaired) electrons. The Bertz CT molecular complexity index is 443. The van der Waals surface area contributed by atoms with Gasteiger partial charge in [-0.3, -0.25) is 0 Å². The van der Waals surface area contributed by atoms with Gasteiger partial charge in [0.05, 0.1) is 0 Å². The van der Waals surface area contributed by atoms with Crippen molar-refractivity contribution < 1.29 is 19.8 Å². The lowest BCUT2D eigenvalue weighted by Gasteiger charge is -2.11. The van der Waals surface area contributed by atoms with E-state index in [4.69, 9.17) is 19.8 Å². The van der Waals surface area contributed by atoms with Crippen LogP contribution in [-0.2, 0) is 16.1 Å². The first-order valence-corrected chi connectivity index (χ1v) is 8.08. The topological polar surface area (TPSA) is 86.6 Å². The van der Waals surface area contributed by atoms with Gasteiger partial charge in [-0.15, -0.1) is 11.8 Å². The summed E-state index contributed by atoms with van der Waals surface area (Å²) in [5, 5.41) is 18.4. The lowest BCUT2D eigenvalue weighted by Crippen LogP contribution is -2.25. The standard InChI is InChI=1S/C13H19NS.C2H2O4/c1-15-13-8-6-11(7-9-13)10-14-12-4-2-3-5-12;3-1(4)2(5)6/h6-9,12,14H,2-5,10H2,1H3;(H,3,4)(H,5,6). The zero-order valence-corrected chi connectivity index (χ0v) is 12.9. The van der Waals surface area contributed by atoms with E-state index in [1.54, 1.807) is 11.8 Å². The maximum absolute atomic E-state index is 9.10. The highest BCUT2D eigenvalue weighted by Crippen LogP contribution is 2.19. The summed E-state index contributed by atoms with van der Waals surface area (Å²) in [6.45, 7) is 1.03. The first kappa shape index (κ1) is 17.5. The maximum Gasteiger partial charge on any atom is 0.414 e. The van der Waals surface area contributed by atoms with E-state index in [0.717, 1.165) is 12.6 Å². The number of carbonyl (C=O) groups is 2. The van der Waals surface area contributed by atoms with Gasteiger partial charge in [-0.2, -0.15) is 0 Å². The molecule has 0 amide bonds. The third-order valence-electron chi connectivity index (χ3n) is 3.29. The number of carboxylic acid groups (broad SMARTS) is 2. The Morgan fingerprint density at radius 2 is 1.67 bits per heavy atom. The molecule has 1 aromatic carbocycles. The molecule has 2 rings (SSSR count). The Balaban J connectivity index is 0.000000315. The van der Waals surface area contributed by atoms with E-state index >= 15 is 0 Å². The molecular formula is C15H21NO4S. The first-order chi connectivity index (χ1) is 10.0. The molecule has 1 aliphatic rings. The number of benzene rings is 1. The van der Waals surface area contributed by atoms with E-state index in [0.29, 0.717) is 0 Å². The lowest BCUT2D eigenvalue weighted by molar-refractivity contribution is -0.159. The van der Waals surface area contributed by atoms with E-state index in [-0.39, 0.29) is 0 Å². The van der Waals surface area contributed by atoms with Crippen LogP contribution in [0.25, 0.3) is 0 Å². The summed E-state index contributed by atoms with van der Waals surface area (Å²) < 4.78 is 0. The Kier molecular flexibility index (Phi) is 7.85. The molecule has 6 heteroatoms. The van der Waals surface area contributed by atoms with Crippen molar-refractivity contribution in [2.24, 2.45) is 0 Å². The van der Waals surface area contributed by atoms with Gasteiger partial charge in [-0.25, -0.2) is 9.59 Å². The van der Waals surface area contributed by atoms with Crippen LogP contribution in [0.5, 0.6) is 0 Å². The predicted molar refractivity (Wildman–Crippen MR) is 82.6 cm³/mol. The molecule has 1 fully saturated rings. The zero-order chi connectivity index (χ0) is 15.7. The molecular weight excluding hydrogens is 290 g/mol. The number of thioether (sulfide) groups is 1. The van der Waals surface area contributed by atoms with Crippen molar-refractivity contribution in [2.75, 3.05) is 6.26 Å². The molecule has 21 heavy (non-hydrogen) atoms. The fourth-order valence-electron chi connectivity index (χ4n) is 2.14. The van der Waals surface area contributed by atoms with Crippen LogP contribution in [-0.4, -0.2) is 34.4 Å². The van der Waals surface area contributed by atoms with Gasteiger partial charge in [0.2, 0.25) is 0 Å². The SMILES string of the molecule is CSc1ccc(CNC2CCCC2)cc1.O=C(O)C(=O)O. The number of aliphatic carboxylic acids is 2. The summed E-state index contributed by atoms with van der Waals surface area (Å²) in [5.41, 5.74) is 1.40. The zero-order valence-electron chi connectivity index (χ0n) is 12.0. The minimum absolute atomic E-state index is 0.769. The summed E-state index contributed by atoms with van der Waals surface area (Å²) in [4.78, 5) is 19.5. The highest BCUT2D eigenvalue weighted by Gasteiger charge is 2.13. The molecule has 1 aromatic rings. The van der Waals surface area contributed by atoms with Crippen molar-refractivity contribution in [3.63, 3.8) is 0 Å². The van der Waals surface area contributed by atoms with Crippen LogP contribution in [0.4, 0.5) is 0 Å². The van der Waals surface area contributed by atoms with Gasteiger partial charge in [0.25, 0.3) is 0 Å². The molecule has 0 unspecified atom stereocenters. The van der Waals surface area contributed by atoms with Gasteiger partial charge in [0, 0.05) is 17.5 Å². The molecule has 0 heterocycles. The van der Waals surface area contributed by atoms with Gasteiger partial charge in [0.1, 0.15) is 0 Å².